The van der Waals surface area contributed by atoms with Crippen molar-refractivity contribution in [1.82, 2.24) is 20.1 Å². The van der Waals surface area contributed by atoms with Crippen LogP contribution in [0, 0.1) is 13.8 Å². The van der Waals surface area contributed by atoms with Crippen LogP contribution < -0.4 is 10.6 Å². The van der Waals surface area contributed by atoms with Crippen molar-refractivity contribution in [3.63, 3.8) is 0 Å². The molecule has 10 heteroatoms. The molecule has 0 saturated carbocycles. The van der Waals surface area contributed by atoms with Crippen LogP contribution in [-0.2, 0) is 9.53 Å². The summed E-state index contributed by atoms with van der Waals surface area (Å²) in [5, 5.41) is 9.51. The quantitative estimate of drug-likeness (QED) is 0.568. The zero-order chi connectivity index (χ0) is 22.5. The average molecular weight is 442 g/mol. The third kappa shape index (κ3) is 5.26. The van der Waals surface area contributed by atoms with Crippen LogP contribution in [0.3, 0.4) is 0 Å². The highest BCUT2D eigenvalue weighted by atomic mass is 35.5. The molecular weight excluding hydrogens is 422 g/mol. The summed E-state index contributed by atoms with van der Waals surface area (Å²) in [6, 6.07) is 11.3. The molecule has 0 radical (unpaired) electrons. The van der Waals surface area contributed by atoms with E-state index in [-0.39, 0.29) is 16.6 Å². The number of nitrogens with one attached hydrogen (secondary N) is 2. The molecule has 160 valence electrons. The third-order valence-electron chi connectivity index (χ3n) is 4.24. The van der Waals surface area contributed by atoms with Crippen molar-refractivity contribution in [2.45, 2.75) is 13.8 Å². The second-order valence-corrected chi connectivity index (χ2v) is 7.03. The van der Waals surface area contributed by atoms with Crippen LogP contribution >= 0.6 is 11.6 Å². The second kappa shape index (κ2) is 9.40. The second-order valence-electron chi connectivity index (χ2n) is 6.62. The van der Waals surface area contributed by atoms with Crippen LogP contribution in [0.1, 0.15) is 32.2 Å². The van der Waals surface area contributed by atoms with Gasteiger partial charge in [0.25, 0.3) is 11.8 Å². The zero-order valence-electron chi connectivity index (χ0n) is 17.1. The highest BCUT2D eigenvalue weighted by Crippen LogP contribution is 2.18. The number of esters is 1. The fraction of sp³-hybridized carbons (Fsp3) is 0.190. The van der Waals surface area contributed by atoms with Crippen molar-refractivity contribution in [3.05, 3.63) is 70.1 Å². The van der Waals surface area contributed by atoms with Gasteiger partial charge in [-0.25, -0.2) is 14.5 Å². The molecule has 0 aliphatic rings. The van der Waals surface area contributed by atoms with Gasteiger partial charge in [-0.05, 0) is 56.3 Å². The maximum atomic E-state index is 12.4. The predicted molar refractivity (Wildman–Crippen MR) is 115 cm³/mol. The third-order valence-corrected chi connectivity index (χ3v) is 4.55. The van der Waals surface area contributed by atoms with Gasteiger partial charge in [-0.2, -0.15) is 5.10 Å². The van der Waals surface area contributed by atoms with Crippen molar-refractivity contribution in [2.75, 3.05) is 19.0 Å². The summed E-state index contributed by atoms with van der Waals surface area (Å²) >= 11 is 6.09. The lowest BCUT2D eigenvalue weighted by Gasteiger charge is -2.09. The van der Waals surface area contributed by atoms with Gasteiger partial charge < -0.3 is 15.4 Å². The van der Waals surface area contributed by atoms with Crippen molar-refractivity contribution in [2.24, 2.45) is 0 Å². The number of rotatable bonds is 6. The molecule has 0 fully saturated rings. The van der Waals surface area contributed by atoms with Crippen molar-refractivity contribution >= 4 is 35.1 Å². The van der Waals surface area contributed by atoms with E-state index < -0.39 is 18.5 Å². The minimum Gasteiger partial charge on any atom is -0.451 e. The lowest BCUT2D eigenvalue weighted by atomic mass is 10.2. The molecule has 2 N–H and O–H groups in total. The van der Waals surface area contributed by atoms with E-state index in [0.717, 1.165) is 11.4 Å². The number of amides is 2. The van der Waals surface area contributed by atoms with Gasteiger partial charge in [0.15, 0.2) is 18.1 Å². The topological polar surface area (TPSA) is 115 Å². The Hall–Kier alpha value is -3.72. The van der Waals surface area contributed by atoms with Gasteiger partial charge in [0.2, 0.25) is 0 Å². The predicted octanol–water partition coefficient (Wildman–Crippen LogP) is 2.69. The summed E-state index contributed by atoms with van der Waals surface area (Å²) < 4.78 is 6.64. The lowest BCUT2D eigenvalue weighted by Crippen LogP contribution is -2.22. The summed E-state index contributed by atoms with van der Waals surface area (Å²) in [6.45, 7) is 3.18. The van der Waals surface area contributed by atoms with Gasteiger partial charge >= 0.3 is 5.97 Å². The Morgan fingerprint density at radius 3 is 2.42 bits per heavy atom. The molecule has 0 bridgehead atoms. The van der Waals surface area contributed by atoms with E-state index in [1.54, 1.807) is 35.0 Å². The van der Waals surface area contributed by atoms with E-state index in [0.29, 0.717) is 17.1 Å². The van der Waals surface area contributed by atoms with Crippen LogP contribution in [0.2, 0.25) is 5.02 Å². The molecule has 31 heavy (non-hydrogen) atoms. The number of nitrogens with zero attached hydrogens (tertiary/aromatic N) is 3. The molecule has 2 aromatic heterocycles. The highest BCUT2D eigenvalue weighted by Gasteiger charge is 2.18. The van der Waals surface area contributed by atoms with E-state index in [4.69, 9.17) is 16.3 Å². The number of pyridine rings is 1. The summed E-state index contributed by atoms with van der Waals surface area (Å²) in [6.07, 6.45) is 0. The van der Waals surface area contributed by atoms with E-state index in [1.165, 1.54) is 13.1 Å². The van der Waals surface area contributed by atoms with Crippen molar-refractivity contribution < 1.29 is 19.1 Å². The monoisotopic (exact) mass is 441 g/mol. The first-order valence-corrected chi connectivity index (χ1v) is 9.65. The molecule has 0 saturated heterocycles. The van der Waals surface area contributed by atoms with Crippen LogP contribution in [0.4, 0.5) is 5.69 Å². The average Bonchev–Trinajstić information content (AvgIpc) is 3.10. The number of ether oxygens (including phenoxy) is 1. The normalized spacial score (nSPS) is 10.5. The first kappa shape index (κ1) is 22.0. The van der Waals surface area contributed by atoms with Gasteiger partial charge in [-0.1, -0.05) is 11.6 Å². The molecule has 1 aromatic carbocycles. The summed E-state index contributed by atoms with van der Waals surface area (Å²) in [7, 11) is 1.53. The smallest absolute Gasteiger partial charge is 0.359 e. The number of aryl methyl sites for hydroxylation is 2. The fourth-order valence-electron chi connectivity index (χ4n) is 2.80. The molecule has 2 amide bonds. The van der Waals surface area contributed by atoms with E-state index in [1.807, 2.05) is 19.9 Å². The standard InChI is InChI=1S/C21H20ClN5O4/c1-12-10-13(2)27(26-12)17-9-8-16(22)19(25-17)21(30)31-11-18(28)24-15-6-4-14(5-7-15)20(29)23-3/h4-10H,11H2,1-3H3,(H,23,29)(H,24,28). The number of carbonyl (C=O) groups is 3. The number of aromatic nitrogens is 3. The van der Waals surface area contributed by atoms with E-state index in [2.05, 4.69) is 20.7 Å². The van der Waals surface area contributed by atoms with Crippen molar-refractivity contribution in [1.29, 1.82) is 0 Å². The summed E-state index contributed by atoms with van der Waals surface area (Å²) in [5.74, 6) is -1.22. The number of anilines is 1. The van der Waals surface area contributed by atoms with Gasteiger partial charge in [0.05, 0.1) is 10.7 Å². The zero-order valence-corrected chi connectivity index (χ0v) is 17.9. The Labute approximate surface area is 183 Å². The number of halogens is 1. The first-order chi connectivity index (χ1) is 14.8. The molecule has 0 spiro atoms. The number of carbonyl (C=O) groups excluding carboxylic acids is 3. The van der Waals surface area contributed by atoms with Crippen LogP contribution in [0.25, 0.3) is 5.82 Å². The maximum Gasteiger partial charge on any atom is 0.359 e. The van der Waals surface area contributed by atoms with Gasteiger partial charge in [-0.3, -0.25) is 9.59 Å². The Balaban J connectivity index is 1.64. The number of benzene rings is 1. The molecule has 0 aliphatic carbocycles. The Morgan fingerprint density at radius 1 is 1.10 bits per heavy atom. The Kier molecular flexibility index (Phi) is 6.66. The van der Waals surface area contributed by atoms with Crippen molar-refractivity contribution in [3.8, 4) is 5.82 Å². The van der Waals surface area contributed by atoms with E-state index >= 15 is 0 Å². The largest absolute Gasteiger partial charge is 0.451 e. The fourth-order valence-corrected chi connectivity index (χ4v) is 2.98. The molecule has 3 rings (SSSR count). The Morgan fingerprint density at radius 2 is 1.81 bits per heavy atom. The molecule has 3 aromatic rings. The van der Waals surface area contributed by atoms with Crippen LogP contribution in [-0.4, -0.2) is 46.2 Å². The number of hydrogen-bond donors (Lipinski definition) is 2. The highest BCUT2D eigenvalue weighted by molar-refractivity contribution is 6.33. The van der Waals surface area contributed by atoms with Gasteiger partial charge in [-0.15, -0.1) is 0 Å². The molecular formula is C21H20ClN5O4. The van der Waals surface area contributed by atoms with Gasteiger partial charge in [0, 0.05) is 24.0 Å². The molecule has 9 nitrogen and oxygen atoms in total. The molecule has 2 heterocycles. The molecule has 0 atom stereocenters. The first-order valence-electron chi connectivity index (χ1n) is 9.28. The minimum atomic E-state index is -0.835. The minimum absolute atomic E-state index is 0.0977. The lowest BCUT2D eigenvalue weighted by molar-refractivity contribution is -0.119. The van der Waals surface area contributed by atoms with E-state index in [9.17, 15) is 14.4 Å². The summed E-state index contributed by atoms with van der Waals surface area (Å²) in [4.78, 5) is 40.3. The van der Waals surface area contributed by atoms with Crippen LogP contribution in [0.15, 0.2) is 42.5 Å². The maximum absolute atomic E-state index is 12.4. The summed E-state index contributed by atoms with van der Waals surface area (Å²) in [5.41, 5.74) is 2.44. The Bertz CT molecular complexity index is 1140. The van der Waals surface area contributed by atoms with Gasteiger partial charge in [0.1, 0.15) is 0 Å². The molecule has 0 aliphatic heterocycles. The molecule has 0 unspecified atom stereocenters. The van der Waals surface area contributed by atoms with Crippen LogP contribution in [0.5, 0.6) is 0 Å². The number of hydrogen-bond acceptors (Lipinski definition) is 6. The SMILES string of the molecule is CNC(=O)c1ccc(NC(=O)COC(=O)c2nc(-n3nc(C)cc3C)ccc2Cl)cc1.